The van der Waals surface area contributed by atoms with E-state index < -0.39 is 0 Å². The van der Waals surface area contributed by atoms with Crippen LogP contribution in [0.1, 0.15) is 5.56 Å². The van der Waals surface area contributed by atoms with Crippen molar-refractivity contribution in [1.82, 2.24) is 0 Å². The molecule has 0 aromatic heterocycles. The minimum atomic E-state index is -0.296. The SMILES string of the molecule is Cc1ccc(NC(=O)Nc2ccc3ccccc3c2)cc1Cl. The zero-order valence-electron chi connectivity index (χ0n) is 12.1. The Labute approximate surface area is 133 Å². The van der Waals surface area contributed by atoms with E-state index in [1.807, 2.05) is 61.5 Å². The van der Waals surface area contributed by atoms with Gasteiger partial charge in [0.25, 0.3) is 0 Å². The van der Waals surface area contributed by atoms with Gasteiger partial charge in [0.05, 0.1) is 0 Å². The molecule has 3 rings (SSSR count). The Morgan fingerprint density at radius 2 is 1.50 bits per heavy atom. The monoisotopic (exact) mass is 310 g/mol. The summed E-state index contributed by atoms with van der Waals surface area (Å²) in [6, 6.07) is 18.9. The number of anilines is 2. The maximum Gasteiger partial charge on any atom is 0.323 e. The topological polar surface area (TPSA) is 41.1 Å². The number of urea groups is 1. The van der Waals surface area contributed by atoms with Gasteiger partial charge in [-0.3, -0.25) is 0 Å². The number of rotatable bonds is 2. The van der Waals surface area contributed by atoms with Gasteiger partial charge in [0.2, 0.25) is 0 Å². The molecule has 3 aromatic rings. The molecule has 0 aliphatic carbocycles. The van der Waals surface area contributed by atoms with Gasteiger partial charge in [-0.05, 0) is 47.5 Å². The Balaban J connectivity index is 1.73. The zero-order chi connectivity index (χ0) is 15.5. The summed E-state index contributed by atoms with van der Waals surface area (Å²) in [5, 5.41) is 8.44. The summed E-state index contributed by atoms with van der Waals surface area (Å²) in [4.78, 5) is 12.0. The highest BCUT2D eigenvalue weighted by molar-refractivity contribution is 6.31. The number of aryl methyl sites for hydroxylation is 1. The fourth-order valence-corrected chi connectivity index (χ4v) is 2.41. The highest BCUT2D eigenvalue weighted by Crippen LogP contribution is 2.21. The number of hydrogen-bond acceptors (Lipinski definition) is 1. The van der Waals surface area contributed by atoms with Crippen molar-refractivity contribution in [3.63, 3.8) is 0 Å². The lowest BCUT2D eigenvalue weighted by atomic mass is 10.1. The largest absolute Gasteiger partial charge is 0.323 e. The minimum absolute atomic E-state index is 0.296. The third-order valence-corrected chi connectivity index (χ3v) is 3.84. The van der Waals surface area contributed by atoms with Crippen molar-refractivity contribution in [3.8, 4) is 0 Å². The lowest BCUT2D eigenvalue weighted by Gasteiger charge is -2.09. The van der Waals surface area contributed by atoms with Gasteiger partial charge in [-0.2, -0.15) is 0 Å². The average molecular weight is 311 g/mol. The van der Waals surface area contributed by atoms with Crippen LogP contribution < -0.4 is 10.6 Å². The van der Waals surface area contributed by atoms with E-state index >= 15 is 0 Å². The number of nitrogens with one attached hydrogen (secondary N) is 2. The van der Waals surface area contributed by atoms with Crippen LogP contribution >= 0.6 is 11.6 Å². The molecule has 0 bridgehead atoms. The van der Waals surface area contributed by atoms with Gasteiger partial charge in [-0.1, -0.05) is 48.0 Å². The first-order chi connectivity index (χ1) is 10.6. The van der Waals surface area contributed by atoms with Crippen molar-refractivity contribution in [2.24, 2.45) is 0 Å². The predicted molar refractivity (Wildman–Crippen MR) is 92.8 cm³/mol. The maximum absolute atomic E-state index is 12.0. The summed E-state index contributed by atoms with van der Waals surface area (Å²) >= 11 is 6.05. The Morgan fingerprint density at radius 3 is 2.23 bits per heavy atom. The second-order valence-electron chi connectivity index (χ2n) is 5.11. The molecule has 110 valence electrons. The van der Waals surface area contributed by atoms with Crippen LogP contribution in [0.3, 0.4) is 0 Å². The second-order valence-corrected chi connectivity index (χ2v) is 5.51. The van der Waals surface area contributed by atoms with Crippen molar-refractivity contribution in [2.75, 3.05) is 10.6 Å². The van der Waals surface area contributed by atoms with E-state index in [-0.39, 0.29) is 6.03 Å². The molecule has 0 radical (unpaired) electrons. The van der Waals surface area contributed by atoms with Gasteiger partial charge in [-0.15, -0.1) is 0 Å². The standard InChI is InChI=1S/C18H15ClN2O/c1-12-6-8-16(11-17(12)19)21-18(22)20-15-9-7-13-4-2-3-5-14(13)10-15/h2-11H,1H3,(H2,20,21,22). The highest BCUT2D eigenvalue weighted by Gasteiger charge is 2.05. The van der Waals surface area contributed by atoms with E-state index in [2.05, 4.69) is 10.6 Å². The second kappa shape index (κ2) is 6.08. The predicted octanol–water partition coefficient (Wildman–Crippen LogP) is 5.45. The van der Waals surface area contributed by atoms with Gasteiger partial charge >= 0.3 is 6.03 Å². The van der Waals surface area contributed by atoms with Crippen molar-refractivity contribution < 1.29 is 4.79 Å². The summed E-state index contributed by atoms with van der Waals surface area (Å²) in [5.74, 6) is 0. The molecule has 0 saturated heterocycles. The fraction of sp³-hybridized carbons (Fsp3) is 0.0556. The third-order valence-electron chi connectivity index (χ3n) is 3.44. The molecule has 3 nitrogen and oxygen atoms in total. The molecule has 0 fully saturated rings. The first-order valence-corrected chi connectivity index (χ1v) is 7.32. The Bertz CT molecular complexity index is 845. The Kier molecular flexibility index (Phi) is 3.98. The van der Waals surface area contributed by atoms with Crippen LogP contribution in [0.5, 0.6) is 0 Å². The van der Waals surface area contributed by atoms with Crippen LogP contribution in [-0.4, -0.2) is 6.03 Å². The molecule has 2 amide bonds. The van der Waals surface area contributed by atoms with Crippen LogP contribution in [-0.2, 0) is 0 Å². The molecule has 3 aromatic carbocycles. The van der Waals surface area contributed by atoms with Gasteiger partial charge in [-0.25, -0.2) is 4.79 Å². The number of amides is 2. The molecular formula is C18H15ClN2O. The van der Waals surface area contributed by atoms with Crippen molar-refractivity contribution in [1.29, 1.82) is 0 Å². The number of carbonyl (C=O) groups excluding carboxylic acids is 1. The summed E-state index contributed by atoms with van der Waals surface area (Å²) in [6.07, 6.45) is 0. The van der Waals surface area contributed by atoms with E-state index in [9.17, 15) is 4.79 Å². The molecule has 4 heteroatoms. The molecular weight excluding hydrogens is 296 g/mol. The fourth-order valence-electron chi connectivity index (χ4n) is 2.23. The quantitative estimate of drug-likeness (QED) is 0.649. The van der Waals surface area contributed by atoms with Crippen molar-refractivity contribution >= 4 is 39.8 Å². The van der Waals surface area contributed by atoms with Crippen LogP contribution in [0.4, 0.5) is 16.2 Å². The molecule has 0 heterocycles. The van der Waals surface area contributed by atoms with Crippen molar-refractivity contribution in [3.05, 3.63) is 71.2 Å². The van der Waals surface area contributed by atoms with Gasteiger partial charge in [0, 0.05) is 16.4 Å². The van der Waals surface area contributed by atoms with Crippen LogP contribution in [0.15, 0.2) is 60.7 Å². The molecule has 0 atom stereocenters. The Morgan fingerprint density at radius 1 is 0.864 bits per heavy atom. The number of hydrogen-bond donors (Lipinski definition) is 2. The lowest BCUT2D eigenvalue weighted by Crippen LogP contribution is -2.19. The van der Waals surface area contributed by atoms with E-state index in [4.69, 9.17) is 11.6 Å². The zero-order valence-corrected chi connectivity index (χ0v) is 12.8. The van der Waals surface area contributed by atoms with E-state index in [1.165, 1.54) is 0 Å². The molecule has 0 saturated carbocycles. The number of benzene rings is 3. The Hall–Kier alpha value is -2.52. The molecule has 0 spiro atoms. The number of halogens is 1. The molecule has 22 heavy (non-hydrogen) atoms. The molecule has 0 aliphatic rings. The van der Waals surface area contributed by atoms with Gasteiger partial charge in [0.15, 0.2) is 0 Å². The van der Waals surface area contributed by atoms with Crippen LogP contribution in [0.25, 0.3) is 10.8 Å². The lowest BCUT2D eigenvalue weighted by molar-refractivity contribution is 0.262. The normalized spacial score (nSPS) is 10.5. The summed E-state index contributed by atoms with van der Waals surface area (Å²) < 4.78 is 0. The smallest absolute Gasteiger partial charge is 0.308 e. The van der Waals surface area contributed by atoms with Crippen LogP contribution in [0, 0.1) is 6.92 Å². The highest BCUT2D eigenvalue weighted by atomic mass is 35.5. The summed E-state index contributed by atoms with van der Waals surface area (Å²) in [6.45, 7) is 1.92. The average Bonchev–Trinajstić information content (AvgIpc) is 2.51. The summed E-state index contributed by atoms with van der Waals surface area (Å²) in [5.41, 5.74) is 2.38. The van der Waals surface area contributed by atoms with E-state index in [0.717, 1.165) is 22.0 Å². The minimum Gasteiger partial charge on any atom is -0.308 e. The van der Waals surface area contributed by atoms with Gasteiger partial charge in [0.1, 0.15) is 0 Å². The van der Waals surface area contributed by atoms with Crippen molar-refractivity contribution in [2.45, 2.75) is 6.92 Å². The number of carbonyl (C=O) groups is 1. The number of fused-ring (bicyclic) bond motifs is 1. The molecule has 2 N–H and O–H groups in total. The third kappa shape index (κ3) is 3.21. The van der Waals surface area contributed by atoms with E-state index in [0.29, 0.717) is 10.7 Å². The summed E-state index contributed by atoms with van der Waals surface area (Å²) in [7, 11) is 0. The maximum atomic E-state index is 12.0. The van der Waals surface area contributed by atoms with Crippen LogP contribution in [0.2, 0.25) is 5.02 Å². The molecule has 0 aliphatic heterocycles. The molecule has 0 unspecified atom stereocenters. The first kappa shape index (κ1) is 14.4. The first-order valence-electron chi connectivity index (χ1n) is 6.95. The van der Waals surface area contributed by atoms with Gasteiger partial charge < -0.3 is 10.6 Å². The van der Waals surface area contributed by atoms with E-state index in [1.54, 1.807) is 6.07 Å².